The molecule has 2 rings (SSSR count). The summed E-state index contributed by atoms with van der Waals surface area (Å²) in [6.07, 6.45) is 2.28. The SMILES string of the molecule is COc1cc(Br)c(/C=C/[N+](=O)[O-])cc1OCc1ccccc1. The Hall–Kier alpha value is -2.34. The van der Waals surface area contributed by atoms with Crippen LogP contribution in [0.4, 0.5) is 0 Å². The normalized spacial score (nSPS) is 10.6. The van der Waals surface area contributed by atoms with Gasteiger partial charge in [-0.1, -0.05) is 46.3 Å². The van der Waals surface area contributed by atoms with E-state index in [1.807, 2.05) is 30.3 Å². The van der Waals surface area contributed by atoms with E-state index in [4.69, 9.17) is 9.47 Å². The molecule has 0 amide bonds. The predicted octanol–water partition coefficient (Wildman–Crippen LogP) is 4.28. The minimum atomic E-state index is -0.513. The molecular weight excluding hydrogens is 350 g/mol. The first-order valence-electron chi connectivity index (χ1n) is 6.46. The van der Waals surface area contributed by atoms with Crippen molar-refractivity contribution >= 4 is 22.0 Å². The van der Waals surface area contributed by atoms with Crippen molar-refractivity contribution in [1.82, 2.24) is 0 Å². The van der Waals surface area contributed by atoms with Gasteiger partial charge in [0.25, 0.3) is 0 Å². The smallest absolute Gasteiger partial charge is 0.235 e. The average Bonchev–Trinajstić information content (AvgIpc) is 2.53. The fraction of sp³-hybridized carbons (Fsp3) is 0.125. The van der Waals surface area contributed by atoms with E-state index >= 15 is 0 Å². The summed E-state index contributed by atoms with van der Waals surface area (Å²) in [5.41, 5.74) is 1.66. The number of rotatable bonds is 6. The van der Waals surface area contributed by atoms with Crippen molar-refractivity contribution in [3.63, 3.8) is 0 Å². The number of benzene rings is 2. The molecule has 0 saturated heterocycles. The van der Waals surface area contributed by atoms with Gasteiger partial charge >= 0.3 is 0 Å². The topological polar surface area (TPSA) is 61.6 Å². The standard InChI is InChI=1S/C16H14BrNO4/c1-21-15-10-14(17)13(7-8-18(19)20)9-16(15)22-11-12-5-3-2-4-6-12/h2-10H,11H2,1H3/b8-7+. The van der Waals surface area contributed by atoms with Crippen molar-refractivity contribution in [2.24, 2.45) is 0 Å². The number of hydrogen-bond donors (Lipinski definition) is 0. The third-order valence-corrected chi connectivity index (χ3v) is 3.58. The number of nitro groups is 1. The zero-order valence-corrected chi connectivity index (χ0v) is 13.4. The minimum absolute atomic E-state index is 0.386. The quantitative estimate of drug-likeness (QED) is 0.567. The van der Waals surface area contributed by atoms with Gasteiger partial charge in [-0.2, -0.15) is 0 Å². The summed E-state index contributed by atoms with van der Waals surface area (Å²) in [5.74, 6) is 1.08. The Labute approximate surface area is 136 Å². The highest BCUT2D eigenvalue weighted by Crippen LogP contribution is 2.34. The van der Waals surface area contributed by atoms with Crippen LogP contribution in [0.2, 0.25) is 0 Å². The molecule has 0 aliphatic heterocycles. The largest absolute Gasteiger partial charge is 0.493 e. The highest BCUT2D eigenvalue weighted by Gasteiger charge is 2.10. The Morgan fingerprint density at radius 2 is 1.95 bits per heavy atom. The van der Waals surface area contributed by atoms with Crippen LogP contribution in [0, 0.1) is 10.1 Å². The first kappa shape index (κ1) is 16.0. The molecule has 0 bridgehead atoms. The van der Waals surface area contributed by atoms with E-state index < -0.39 is 4.92 Å². The van der Waals surface area contributed by atoms with Gasteiger partial charge in [0.05, 0.1) is 12.0 Å². The summed E-state index contributed by atoms with van der Waals surface area (Å²) >= 11 is 3.36. The van der Waals surface area contributed by atoms with Crippen LogP contribution < -0.4 is 9.47 Å². The second kappa shape index (κ2) is 7.61. The van der Waals surface area contributed by atoms with Gasteiger partial charge in [0.1, 0.15) is 6.61 Å². The molecule has 2 aromatic carbocycles. The molecular formula is C16H14BrNO4. The van der Waals surface area contributed by atoms with Crippen molar-refractivity contribution in [2.75, 3.05) is 7.11 Å². The van der Waals surface area contributed by atoms with Gasteiger partial charge in [0.2, 0.25) is 6.20 Å². The Morgan fingerprint density at radius 3 is 2.59 bits per heavy atom. The van der Waals surface area contributed by atoms with Crippen LogP contribution in [-0.4, -0.2) is 12.0 Å². The fourth-order valence-corrected chi connectivity index (χ4v) is 2.28. The minimum Gasteiger partial charge on any atom is -0.493 e. The van der Waals surface area contributed by atoms with Crippen molar-refractivity contribution in [3.05, 3.63) is 74.4 Å². The van der Waals surface area contributed by atoms with E-state index in [9.17, 15) is 10.1 Å². The van der Waals surface area contributed by atoms with Crippen LogP contribution in [0.5, 0.6) is 11.5 Å². The third kappa shape index (κ3) is 4.33. The predicted molar refractivity (Wildman–Crippen MR) is 87.5 cm³/mol. The Kier molecular flexibility index (Phi) is 5.55. The van der Waals surface area contributed by atoms with Crippen LogP contribution in [0.1, 0.15) is 11.1 Å². The summed E-state index contributed by atoms with van der Waals surface area (Å²) in [4.78, 5) is 9.94. The van der Waals surface area contributed by atoms with Gasteiger partial charge in [0, 0.05) is 10.5 Å². The van der Waals surface area contributed by atoms with Crippen LogP contribution >= 0.6 is 15.9 Å². The van der Waals surface area contributed by atoms with Gasteiger partial charge in [0.15, 0.2) is 11.5 Å². The lowest BCUT2D eigenvalue weighted by Crippen LogP contribution is -1.98. The molecule has 5 nitrogen and oxygen atoms in total. The van der Waals surface area contributed by atoms with Crippen LogP contribution in [0.15, 0.2) is 53.1 Å². The van der Waals surface area contributed by atoms with Crippen LogP contribution in [-0.2, 0) is 6.61 Å². The molecule has 0 fully saturated rings. The summed E-state index contributed by atoms with van der Waals surface area (Å²) < 4.78 is 11.7. The fourth-order valence-electron chi connectivity index (χ4n) is 1.83. The first-order valence-corrected chi connectivity index (χ1v) is 7.25. The summed E-state index contributed by atoms with van der Waals surface area (Å²) in [5, 5.41) is 10.5. The van der Waals surface area contributed by atoms with Crippen LogP contribution in [0.25, 0.3) is 6.08 Å². The first-order chi connectivity index (χ1) is 10.6. The molecule has 0 N–H and O–H groups in total. The van der Waals surface area contributed by atoms with Gasteiger partial charge < -0.3 is 9.47 Å². The van der Waals surface area contributed by atoms with E-state index in [1.165, 1.54) is 6.08 Å². The second-order valence-corrected chi connectivity index (χ2v) is 5.25. The zero-order chi connectivity index (χ0) is 15.9. The molecule has 0 aliphatic carbocycles. The molecule has 0 radical (unpaired) electrons. The Morgan fingerprint density at radius 1 is 1.23 bits per heavy atom. The summed E-state index contributed by atoms with van der Waals surface area (Å²) in [6.45, 7) is 0.386. The van der Waals surface area contributed by atoms with Gasteiger partial charge in [-0.15, -0.1) is 0 Å². The van der Waals surface area contributed by atoms with Gasteiger partial charge in [-0.25, -0.2) is 0 Å². The molecule has 6 heteroatoms. The lowest BCUT2D eigenvalue weighted by Gasteiger charge is -2.12. The lowest BCUT2D eigenvalue weighted by atomic mass is 10.2. The molecule has 2 aromatic rings. The third-order valence-electron chi connectivity index (χ3n) is 2.90. The van der Waals surface area contributed by atoms with Crippen molar-refractivity contribution in [1.29, 1.82) is 0 Å². The monoisotopic (exact) mass is 363 g/mol. The molecule has 0 saturated carbocycles. The molecule has 22 heavy (non-hydrogen) atoms. The molecule has 0 aliphatic rings. The van der Waals surface area contributed by atoms with E-state index in [0.717, 1.165) is 11.8 Å². The summed E-state index contributed by atoms with van der Waals surface area (Å²) in [6, 6.07) is 13.1. The van der Waals surface area contributed by atoms with Gasteiger partial charge in [-0.3, -0.25) is 10.1 Å². The molecule has 0 unspecified atom stereocenters. The molecule has 0 heterocycles. The molecule has 0 aromatic heterocycles. The van der Waals surface area contributed by atoms with Crippen LogP contribution in [0.3, 0.4) is 0 Å². The highest BCUT2D eigenvalue weighted by molar-refractivity contribution is 9.10. The van der Waals surface area contributed by atoms with E-state index in [0.29, 0.717) is 28.1 Å². The number of ether oxygens (including phenoxy) is 2. The van der Waals surface area contributed by atoms with Gasteiger partial charge in [-0.05, 0) is 23.3 Å². The van der Waals surface area contributed by atoms with Crippen molar-refractivity contribution < 1.29 is 14.4 Å². The lowest BCUT2D eigenvalue weighted by molar-refractivity contribution is -0.400. The Balaban J connectivity index is 2.24. The zero-order valence-electron chi connectivity index (χ0n) is 11.9. The Bertz CT molecular complexity index is 686. The van der Waals surface area contributed by atoms with Crippen molar-refractivity contribution in [2.45, 2.75) is 6.61 Å². The highest BCUT2D eigenvalue weighted by atomic mass is 79.9. The second-order valence-electron chi connectivity index (χ2n) is 4.40. The molecule has 114 valence electrons. The number of nitrogens with zero attached hydrogens (tertiary/aromatic N) is 1. The number of hydrogen-bond acceptors (Lipinski definition) is 4. The van der Waals surface area contributed by atoms with E-state index in [2.05, 4.69) is 15.9 Å². The maximum Gasteiger partial charge on any atom is 0.235 e. The number of methoxy groups -OCH3 is 1. The van der Waals surface area contributed by atoms with E-state index in [1.54, 1.807) is 19.2 Å². The number of halogens is 1. The molecule has 0 atom stereocenters. The summed E-state index contributed by atoms with van der Waals surface area (Å²) in [7, 11) is 1.55. The maximum atomic E-state index is 10.5. The molecule has 0 spiro atoms. The maximum absolute atomic E-state index is 10.5. The van der Waals surface area contributed by atoms with Crippen molar-refractivity contribution in [3.8, 4) is 11.5 Å². The average molecular weight is 364 g/mol. The van der Waals surface area contributed by atoms with E-state index in [-0.39, 0.29) is 0 Å².